The summed E-state index contributed by atoms with van der Waals surface area (Å²) in [5, 5.41) is 15.8. The zero-order valence-electron chi connectivity index (χ0n) is 22.6. The van der Waals surface area contributed by atoms with E-state index in [0.29, 0.717) is 5.56 Å². The lowest BCUT2D eigenvalue weighted by atomic mass is 10.1. The van der Waals surface area contributed by atoms with E-state index in [0.717, 1.165) is 10.6 Å². The second-order valence-electron chi connectivity index (χ2n) is 9.87. The van der Waals surface area contributed by atoms with Gasteiger partial charge < -0.3 is 0 Å². The van der Waals surface area contributed by atoms with Crippen LogP contribution >= 0.6 is 0 Å². The lowest BCUT2D eigenvalue weighted by Crippen LogP contribution is -2.42. The minimum Gasteiger partial charge on any atom is -0.287 e. The van der Waals surface area contributed by atoms with Crippen molar-refractivity contribution in [2.45, 2.75) is 46.6 Å². The van der Waals surface area contributed by atoms with Crippen molar-refractivity contribution in [1.29, 1.82) is 0 Å². The second kappa shape index (κ2) is 11.8. The number of nitro groups is 1. The van der Waals surface area contributed by atoms with Crippen molar-refractivity contribution in [3.63, 3.8) is 0 Å². The molecule has 0 radical (unpaired) electrons. The van der Waals surface area contributed by atoms with Crippen molar-refractivity contribution in [3.8, 4) is 11.1 Å². The zero-order valence-corrected chi connectivity index (χ0v) is 22.6. The summed E-state index contributed by atoms with van der Waals surface area (Å²) in [6.07, 6.45) is 1.04. The third-order valence-electron chi connectivity index (χ3n) is 6.34. The minimum atomic E-state index is -4.51. The third kappa shape index (κ3) is 6.71. The Bertz CT molecular complexity index is 1710. The van der Waals surface area contributed by atoms with Crippen molar-refractivity contribution in [3.05, 3.63) is 114 Å². The average molecular weight is 568 g/mol. The Morgan fingerprint density at radius 1 is 1.02 bits per heavy atom. The highest BCUT2D eigenvalue weighted by molar-refractivity contribution is 5.80. The number of hydrogen-bond acceptors (Lipinski definition) is 5. The van der Waals surface area contributed by atoms with Gasteiger partial charge >= 0.3 is 23.1 Å². The van der Waals surface area contributed by atoms with E-state index in [-0.39, 0.29) is 36.8 Å². The van der Waals surface area contributed by atoms with Crippen LogP contribution in [0.15, 0.2) is 70.5 Å². The molecular weight excluding hydrogens is 539 g/mol. The van der Waals surface area contributed by atoms with Crippen molar-refractivity contribution in [2.24, 2.45) is 5.92 Å². The minimum absolute atomic E-state index is 0.0211. The molecule has 0 spiro atoms. The molecular formula is C29H28F3N5O4. The van der Waals surface area contributed by atoms with E-state index >= 15 is 0 Å². The van der Waals surface area contributed by atoms with Crippen molar-refractivity contribution in [1.82, 2.24) is 18.9 Å². The van der Waals surface area contributed by atoms with E-state index in [4.69, 9.17) is 0 Å². The average Bonchev–Trinajstić information content (AvgIpc) is 3.26. The molecule has 0 bridgehead atoms. The van der Waals surface area contributed by atoms with Crippen LogP contribution in [0.1, 0.15) is 43.2 Å². The molecule has 2 aliphatic carbocycles. The van der Waals surface area contributed by atoms with Gasteiger partial charge in [-0.15, -0.1) is 0 Å². The highest BCUT2D eigenvalue weighted by Crippen LogP contribution is 2.33. The van der Waals surface area contributed by atoms with Gasteiger partial charge in [-0.1, -0.05) is 50.2 Å². The first-order valence-electron chi connectivity index (χ1n) is 12.9. The summed E-state index contributed by atoms with van der Waals surface area (Å²) in [5.74, 6) is -0.0429. The molecule has 0 saturated carbocycles. The molecule has 5 rings (SSSR count). The monoisotopic (exact) mass is 567 g/mol. The van der Waals surface area contributed by atoms with E-state index in [1.165, 1.54) is 63.1 Å². The van der Waals surface area contributed by atoms with Crippen LogP contribution in [0.2, 0.25) is 0 Å². The fourth-order valence-electron chi connectivity index (χ4n) is 4.37. The number of aromatic nitrogens is 4. The summed E-state index contributed by atoms with van der Waals surface area (Å²) in [6, 6.07) is 13.6. The first-order chi connectivity index (χ1) is 19.4. The fraction of sp³-hybridized carbons (Fsp3) is 0.276. The van der Waals surface area contributed by atoms with E-state index in [2.05, 4.69) is 29.4 Å². The van der Waals surface area contributed by atoms with Crippen LogP contribution in [0.25, 0.3) is 23.3 Å². The summed E-state index contributed by atoms with van der Waals surface area (Å²) in [4.78, 5) is 36.4. The van der Waals surface area contributed by atoms with Crippen molar-refractivity contribution < 1.29 is 18.1 Å². The summed E-state index contributed by atoms with van der Waals surface area (Å²) >= 11 is 0. The largest absolute Gasteiger partial charge is 0.416 e. The van der Waals surface area contributed by atoms with Crippen LogP contribution in [0.3, 0.4) is 0 Å². The summed E-state index contributed by atoms with van der Waals surface area (Å²) < 4.78 is 43.1. The van der Waals surface area contributed by atoms with Gasteiger partial charge in [-0.2, -0.15) is 18.3 Å². The Labute approximate surface area is 233 Å². The van der Waals surface area contributed by atoms with E-state index in [9.17, 15) is 32.9 Å². The maximum atomic E-state index is 13.3. The normalized spacial score (nSPS) is 12.0. The molecule has 0 unspecified atom stereocenters. The lowest BCUT2D eigenvalue weighted by Gasteiger charge is -2.14. The Morgan fingerprint density at radius 3 is 2.24 bits per heavy atom. The lowest BCUT2D eigenvalue weighted by molar-refractivity contribution is -0.387. The molecule has 0 amide bonds. The van der Waals surface area contributed by atoms with Gasteiger partial charge in [0.15, 0.2) is 0 Å². The number of halogens is 3. The van der Waals surface area contributed by atoms with Crippen LogP contribution in [-0.4, -0.2) is 23.8 Å². The highest BCUT2D eigenvalue weighted by atomic mass is 19.4. The highest BCUT2D eigenvalue weighted by Gasteiger charge is 2.33. The Morgan fingerprint density at radius 2 is 1.71 bits per heavy atom. The second-order valence-corrected chi connectivity index (χ2v) is 9.87. The van der Waals surface area contributed by atoms with E-state index in [1.807, 2.05) is 13.8 Å². The molecule has 0 aliphatic heterocycles. The smallest absolute Gasteiger partial charge is 0.287 e. The predicted molar refractivity (Wildman–Crippen MR) is 149 cm³/mol. The van der Waals surface area contributed by atoms with Crippen LogP contribution in [0, 0.1) is 16.0 Å². The molecule has 0 saturated heterocycles. The molecule has 3 aromatic rings. The number of benzene rings is 2. The van der Waals surface area contributed by atoms with Crippen LogP contribution < -0.4 is 11.2 Å². The van der Waals surface area contributed by atoms with Gasteiger partial charge in [0.2, 0.25) is 0 Å². The summed E-state index contributed by atoms with van der Waals surface area (Å²) in [5.41, 5.74) is 0.00329. The molecule has 41 heavy (non-hydrogen) atoms. The topological polar surface area (TPSA) is 105 Å². The molecule has 1 aromatic carbocycles. The van der Waals surface area contributed by atoms with Crippen molar-refractivity contribution in [2.75, 3.05) is 0 Å². The molecule has 12 heteroatoms. The summed E-state index contributed by atoms with van der Waals surface area (Å²) in [6.45, 7) is 5.19. The molecule has 2 aliphatic rings. The van der Waals surface area contributed by atoms with Gasteiger partial charge in [0.1, 0.15) is 5.69 Å². The van der Waals surface area contributed by atoms with Gasteiger partial charge in [0.25, 0.3) is 0 Å². The first-order valence-corrected chi connectivity index (χ1v) is 12.9. The molecule has 9 nitrogen and oxygen atoms in total. The number of hydrogen-bond donors (Lipinski definition) is 0. The Kier molecular flexibility index (Phi) is 8.41. The van der Waals surface area contributed by atoms with Crippen LogP contribution in [0.5, 0.6) is 0 Å². The van der Waals surface area contributed by atoms with Crippen LogP contribution in [0.4, 0.5) is 18.9 Å². The number of nitrogens with zero attached hydrogens (tertiary/aromatic N) is 5. The maximum Gasteiger partial charge on any atom is 0.416 e. The fourth-order valence-corrected chi connectivity index (χ4v) is 4.37. The van der Waals surface area contributed by atoms with Gasteiger partial charge in [0.05, 0.1) is 23.2 Å². The SMILES string of the molecule is CCn1c(=O)c([N+](=O)[O-])c(C=Cc2cnn(Cc3ccccc3C(F)(F)F)c2)n(CC(C)C)c1=O.c1cc2cc-2c1. The quantitative estimate of drug-likeness (QED) is 0.177. The van der Waals surface area contributed by atoms with E-state index in [1.54, 1.807) is 6.92 Å². The third-order valence-corrected chi connectivity index (χ3v) is 6.34. The standard InChI is InChI=1S/C23H24F3N5O4.C6H4/c1-4-29-21(32)20(31(34)35)19(30(22(29)33)12-15(2)3)10-9-16-11-27-28(13-16)14-17-7-5-6-8-18(17)23(24,25)26;1-2-5-4-6(5)3-1/h5-11,13,15H,4,12,14H2,1-3H3;1-4H. The van der Waals surface area contributed by atoms with Gasteiger partial charge in [-0.05, 0) is 53.8 Å². The molecule has 2 aromatic heterocycles. The van der Waals surface area contributed by atoms with Gasteiger partial charge in [-0.25, -0.2) is 4.79 Å². The molecule has 0 atom stereocenters. The maximum absolute atomic E-state index is 13.3. The predicted octanol–water partition coefficient (Wildman–Crippen LogP) is 5.70. The molecule has 214 valence electrons. The van der Waals surface area contributed by atoms with Crippen molar-refractivity contribution >= 4 is 17.8 Å². The Balaban J connectivity index is 0.000000560. The molecule has 2 heterocycles. The van der Waals surface area contributed by atoms with Gasteiger partial charge in [-0.3, -0.25) is 28.7 Å². The van der Waals surface area contributed by atoms with E-state index < -0.39 is 33.6 Å². The number of alkyl halides is 3. The molecule has 0 N–H and O–H groups in total. The number of fused-ring (bicyclic) bond motifs is 1. The zero-order chi connectivity index (χ0) is 29.9. The van der Waals surface area contributed by atoms with Crippen LogP contribution in [-0.2, 0) is 25.8 Å². The summed E-state index contributed by atoms with van der Waals surface area (Å²) in [7, 11) is 0. The van der Waals surface area contributed by atoms with Gasteiger partial charge in [0, 0.05) is 24.8 Å². The first kappa shape index (κ1) is 29.2. The molecule has 0 fully saturated rings. The number of rotatable bonds is 8. The Hall–Kier alpha value is -4.74.